The zero-order chi connectivity index (χ0) is 15.3. The van der Waals surface area contributed by atoms with Gasteiger partial charge in [-0.2, -0.15) is 0 Å². The molecular weight excluding hydrogens is 314 g/mol. The molecule has 0 spiro atoms. The van der Waals surface area contributed by atoms with Crippen LogP contribution in [-0.2, 0) is 9.59 Å². The molecule has 0 radical (unpaired) electrons. The molecule has 2 saturated heterocycles. The van der Waals surface area contributed by atoms with Crippen LogP contribution in [0.15, 0.2) is 0 Å². The maximum absolute atomic E-state index is 12.8. The Bertz CT molecular complexity index is 482. The molecule has 2 heterocycles. The van der Waals surface area contributed by atoms with Gasteiger partial charge in [-0.1, -0.05) is 0 Å². The van der Waals surface area contributed by atoms with Crippen molar-refractivity contribution >= 4 is 24.2 Å². The van der Waals surface area contributed by atoms with Gasteiger partial charge in [0.05, 0.1) is 5.92 Å². The van der Waals surface area contributed by atoms with E-state index in [2.05, 4.69) is 0 Å². The Morgan fingerprint density at radius 1 is 0.826 bits per heavy atom. The minimum absolute atomic E-state index is 0. The third-order valence-electron chi connectivity index (χ3n) is 6.23. The van der Waals surface area contributed by atoms with Gasteiger partial charge in [0, 0.05) is 38.1 Å². The summed E-state index contributed by atoms with van der Waals surface area (Å²) in [5.41, 5.74) is 6.17. The molecule has 0 aromatic heterocycles. The number of halogens is 1. The first-order valence-electron chi connectivity index (χ1n) is 8.96. The van der Waals surface area contributed by atoms with Crippen LogP contribution in [0.4, 0.5) is 0 Å². The number of hydrogen-bond donors (Lipinski definition) is 1. The van der Waals surface area contributed by atoms with E-state index in [-0.39, 0.29) is 42.1 Å². The molecule has 4 aliphatic rings. The molecule has 2 aliphatic heterocycles. The molecule has 6 heteroatoms. The van der Waals surface area contributed by atoms with Crippen molar-refractivity contribution in [2.24, 2.45) is 29.4 Å². The van der Waals surface area contributed by atoms with E-state index in [1.165, 1.54) is 6.42 Å². The van der Waals surface area contributed by atoms with E-state index < -0.39 is 0 Å². The second-order valence-electron chi connectivity index (χ2n) is 7.81. The van der Waals surface area contributed by atoms with Crippen molar-refractivity contribution in [1.82, 2.24) is 9.80 Å². The summed E-state index contributed by atoms with van der Waals surface area (Å²) in [5.74, 6) is 1.97. The third-order valence-corrected chi connectivity index (χ3v) is 6.23. The summed E-state index contributed by atoms with van der Waals surface area (Å²) in [6.45, 7) is 3.23. The predicted molar refractivity (Wildman–Crippen MR) is 90.0 cm³/mol. The van der Waals surface area contributed by atoms with Gasteiger partial charge in [0.2, 0.25) is 11.8 Å². The first-order chi connectivity index (χ1) is 10.6. The van der Waals surface area contributed by atoms with Crippen molar-refractivity contribution in [3.63, 3.8) is 0 Å². The van der Waals surface area contributed by atoms with Crippen LogP contribution in [0.2, 0.25) is 0 Å². The first-order valence-corrected chi connectivity index (χ1v) is 8.96. The van der Waals surface area contributed by atoms with Gasteiger partial charge in [0.15, 0.2) is 0 Å². The van der Waals surface area contributed by atoms with Crippen LogP contribution in [0, 0.1) is 23.7 Å². The quantitative estimate of drug-likeness (QED) is 0.822. The van der Waals surface area contributed by atoms with Gasteiger partial charge in [-0.25, -0.2) is 0 Å². The summed E-state index contributed by atoms with van der Waals surface area (Å²) in [4.78, 5) is 29.1. The third kappa shape index (κ3) is 3.22. The molecule has 4 unspecified atom stereocenters. The molecule has 4 rings (SSSR count). The molecule has 4 fully saturated rings. The van der Waals surface area contributed by atoms with Crippen LogP contribution < -0.4 is 5.73 Å². The van der Waals surface area contributed by atoms with E-state index >= 15 is 0 Å². The fraction of sp³-hybridized carbons (Fsp3) is 0.882. The molecule has 2 N–H and O–H groups in total. The van der Waals surface area contributed by atoms with Gasteiger partial charge in [0.1, 0.15) is 0 Å². The number of carbonyl (C=O) groups excluding carboxylic acids is 2. The summed E-state index contributed by atoms with van der Waals surface area (Å²) < 4.78 is 0. The van der Waals surface area contributed by atoms with Gasteiger partial charge in [0.25, 0.3) is 0 Å². The monoisotopic (exact) mass is 341 g/mol. The largest absolute Gasteiger partial charge is 0.342 e. The summed E-state index contributed by atoms with van der Waals surface area (Å²) in [5, 5.41) is 0. The van der Waals surface area contributed by atoms with Gasteiger partial charge in [-0.3, -0.25) is 9.59 Å². The fourth-order valence-corrected chi connectivity index (χ4v) is 4.71. The Kier molecular flexibility index (Phi) is 4.88. The highest BCUT2D eigenvalue weighted by Gasteiger charge is 2.44. The number of likely N-dealkylation sites (tertiary alicyclic amines) is 2. The minimum atomic E-state index is 0. The lowest BCUT2D eigenvalue weighted by atomic mass is 9.96. The molecule has 2 aliphatic carbocycles. The lowest BCUT2D eigenvalue weighted by molar-refractivity contribution is -0.141. The molecule has 2 saturated carbocycles. The van der Waals surface area contributed by atoms with Crippen LogP contribution in [0.5, 0.6) is 0 Å². The Hall–Kier alpha value is -0.810. The SMILES string of the molecule is Cl.NC1CCC2CN(C(=O)C3CCCN(C(=O)C4CC4)C3)CC12. The lowest BCUT2D eigenvalue weighted by Gasteiger charge is -2.34. The van der Waals surface area contributed by atoms with Crippen LogP contribution in [0.3, 0.4) is 0 Å². The number of amides is 2. The van der Waals surface area contributed by atoms with E-state index in [0.717, 1.165) is 51.7 Å². The Morgan fingerprint density at radius 3 is 2.26 bits per heavy atom. The van der Waals surface area contributed by atoms with Crippen molar-refractivity contribution in [3.05, 3.63) is 0 Å². The van der Waals surface area contributed by atoms with Crippen LogP contribution in [-0.4, -0.2) is 53.8 Å². The molecular formula is C17H28ClN3O2. The van der Waals surface area contributed by atoms with Gasteiger partial charge < -0.3 is 15.5 Å². The lowest BCUT2D eigenvalue weighted by Crippen LogP contribution is -2.47. The van der Waals surface area contributed by atoms with E-state index in [1.807, 2.05) is 9.80 Å². The van der Waals surface area contributed by atoms with Crippen LogP contribution in [0.25, 0.3) is 0 Å². The highest BCUT2D eigenvalue weighted by Crippen LogP contribution is 2.38. The number of rotatable bonds is 2. The number of hydrogen-bond acceptors (Lipinski definition) is 3. The maximum Gasteiger partial charge on any atom is 0.227 e. The second-order valence-corrected chi connectivity index (χ2v) is 7.81. The zero-order valence-corrected chi connectivity index (χ0v) is 14.5. The molecule has 0 aromatic rings. The van der Waals surface area contributed by atoms with E-state index in [4.69, 9.17) is 5.73 Å². The standard InChI is InChI=1S/C17H27N3O2.ClH/c18-15-6-5-12-8-20(10-14(12)15)17(22)13-2-1-7-19(9-13)16(21)11-3-4-11;/h11-15H,1-10,18H2;1H. The van der Waals surface area contributed by atoms with Crippen molar-refractivity contribution < 1.29 is 9.59 Å². The molecule has 23 heavy (non-hydrogen) atoms. The number of nitrogens with zero attached hydrogens (tertiary/aromatic N) is 2. The Morgan fingerprint density at radius 2 is 1.57 bits per heavy atom. The van der Waals surface area contributed by atoms with Gasteiger partial charge >= 0.3 is 0 Å². The first kappa shape index (κ1) is 17.0. The smallest absolute Gasteiger partial charge is 0.227 e. The number of fused-ring (bicyclic) bond motifs is 1. The number of carbonyl (C=O) groups is 2. The Balaban J connectivity index is 0.00000156. The zero-order valence-electron chi connectivity index (χ0n) is 13.7. The average Bonchev–Trinajstić information content (AvgIpc) is 3.21. The maximum atomic E-state index is 12.8. The highest BCUT2D eigenvalue weighted by atomic mass is 35.5. The summed E-state index contributed by atoms with van der Waals surface area (Å²) in [6, 6.07) is 0.280. The normalized spacial score (nSPS) is 36.6. The second kappa shape index (κ2) is 6.60. The molecule has 5 nitrogen and oxygen atoms in total. The molecule has 4 atom stereocenters. The number of nitrogens with two attached hydrogens (primary N) is 1. The van der Waals surface area contributed by atoms with E-state index in [9.17, 15) is 9.59 Å². The summed E-state index contributed by atoms with van der Waals surface area (Å²) in [7, 11) is 0. The number of piperidine rings is 1. The van der Waals surface area contributed by atoms with Gasteiger partial charge in [-0.05, 0) is 50.4 Å². The molecule has 0 aromatic carbocycles. The van der Waals surface area contributed by atoms with E-state index in [0.29, 0.717) is 18.4 Å². The van der Waals surface area contributed by atoms with Crippen LogP contribution >= 0.6 is 12.4 Å². The molecule has 2 amide bonds. The summed E-state index contributed by atoms with van der Waals surface area (Å²) >= 11 is 0. The molecule has 0 bridgehead atoms. The van der Waals surface area contributed by atoms with Crippen molar-refractivity contribution in [3.8, 4) is 0 Å². The predicted octanol–water partition coefficient (Wildman–Crippen LogP) is 1.25. The summed E-state index contributed by atoms with van der Waals surface area (Å²) in [6.07, 6.45) is 6.28. The van der Waals surface area contributed by atoms with Crippen molar-refractivity contribution in [2.75, 3.05) is 26.2 Å². The van der Waals surface area contributed by atoms with Gasteiger partial charge in [-0.15, -0.1) is 12.4 Å². The minimum Gasteiger partial charge on any atom is -0.342 e. The van der Waals surface area contributed by atoms with Crippen LogP contribution in [0.1, 0.15) is 38.5 Å². The molecule has 130 valence electrons. The Labute approximate surface area is 144 Å². The fourth-order valence-electron chi connectivity index (χ4n) is 4.71. The van der Waals surface area contributed by atoms with Crippen molar-refractivity contribution in [1.29, 1.82) is 0 Å². The van der Waals surface area contributed by atoms with Crippen molar-refractivity contribution in [2.45, 2.75) is 44.6 Å². The average molecular weight is 342 g/mol. The highest BCUT2D eigenvalue weighted by molar-refractivity contribution is 5.85. The van der Waals surface area contributed by atoms with E-state index in [1.54, 1.807) is 0 Å². The topological polar surface area (TPSA) is 66.6 Å².